The number of aliphatic hydroxyl groups excluding tert-OH is 1. The summed E-state index contributed by atoms with van der Waals surface area (Å²) in [6.07, 6.45) is -2.51. The second kappa shape index (κ2) is 7.04. The Bertz CT molecular complexity index is 471. The van der Waals surface area contributed by atoms with Crippen molar-refractivity contribution in [2.24, 2.45) is 0 Å². The van der Waals surface area contributed by atoms with Crippen LogP contribution in [0.1, 0.15) is 18.8 Å². The van der Waals surface area contributed by atoms with E-state index < -0.39 is 24.8 Å². The highest BCUT2D eigenvalue weighted by atomic mass is 16.7. The third-order valence-electron chi connectivity index (χ3n) is 4.11. The van der Waals surface area contributed by atoms with Crippen LogP contribution in [0.25, 0.3) is 0 Å². The molecule has 6 heteroatoms. The van der Waals surface area contributed by atoms with Crippen molar-refractivity contribution in [3.8, 4) is 0 Å². The van der Waals surface area contributed by atoms with Crippen LogP contribution in [0.5, 0.6) is 0 Å². The number of ether oxygens (including phenoxy) is 4. The highest BCUT2D eigenvalue weighted by molar-refractivity contribution is 5.16. The number of hydrogen-bond donors (Lipinski definition) is 2. The molecule has 22 heavy (non-hydrogen) atoms. The van der Waals surface area contributed by atoms with E-state index in [4.69, 9.17) is 18.9 Å². The van der Waals surface area contributed by atoms with Crippen LogP contribution < -0.4 is 5.32 Å². The first kappa shape index (κ1) is 15.9. The second-order valence-electron chi connectivity index (χ2n) is 5.53. The molecular weight excluding hydrogens is 286 g/mol. The summed E-state index contributed by atoms with van der Waals surface area (Å²) in [5.41, 5.74) is 0.932. The first-order valence-electron chi connectivity index (χ1n) is 7.66. The first-order chi connectivity index (χ1) is 10.7. The molecule has 0 spiro atoms. The minimum atomic E-state index is -0.723. The minimum Gasteiger partial charge on any atom is -0.388 e. The molecule has 2 N–H and O–H groups in total. The molecule has 3 rings (SSSR count). The van der Waals surface area contributed by atoms with Crippen LogP contribution in [0, 0.1) is 0 Å². The van der Waals surface area contributed by atoms with Crippen LogP contribution in [-0.2, 0) is 18.9 Å². The molecule has 122 valence electrons. The Morgan fingerprint density at radius 2 is 2.05 bits per heavy atom. The Labute approximate surface area is 130 Å². The van der Waals surface area contributed by atoms with E-state index in [2.05, 4.69) is 5.32 Å². The van der Waals surface area contributed by atoms with E-state index in [0.29, 0.717) is 13.2 Å². The van der Waals surface area contributed by atoms with Crippen molar-refractivity contribution < 1.29 is 24.1 Å². The number of methoxy groups -OCH3 is 1. The number of hydrogen-bond acceptors (Lipinski definition) is 6. The fourth-order valence-corrected chi connectivity index (χ4v) is 3.03. The van der Waals surface area contributed by atoms with Crippen molar-refractivity contribution in [3.05, 3.63) is 35.9 Å². The number of rotatable bonds is 4. The smallest absolute Gasteiger partial charge is 0.184 e. The summed E-state index contributed by atoms with van der Waals surface area (Å²) in [4.78, 5) is 0. The summed E-state index contributed by atoms with van der Waals surface area (Å²) >= 11 is 0. The maximum atomic E-state index is 10.7. The van der Waals surface area contributed by atoms with Gasteiger partial charge in [-0.25, -0.2) is 0 Å². The molecule has 0 aliphatic carbocycles. The number of likely N-dealkylation sites (N-methyl/N-ethyl adjacent to an activating group) is 1. The van der Waals surface area contributed by atoms with Crippen molar-refractivity contribution in [1.29, 1.82) is 0 Å². The van der Waals surface area contributed by atoms with Crippen molar-refractivity contribution in [2.45, 2.75) is 43.9 Å². The minimum absolute atomic E-state index is 0.328. The van der Waals surface area contributed by atoms with Gasteiger partial charge >= 0.3 is 0 Å². The van der Waals surface area contributed by atoms with Crippen LogP contribution >= 0.6 is 0 Å². The van der Waals surface area contributed by atoms with Gasteiger partial charge in [0, 0.05) is 12.7 Å². The molecule has 2 heterocycles. The predicted octanol–water partition coefficient (Wildman–Crippen LogP) is 0.811. The summed E-state index contributed by atoms with van der Waals surface area (Å²) in [5.74, 6) is 0. The largest absolute Gasteiger partial charge is 0.388 e. The molecule has 2 fully saturated rings. The third kappa shape index (κ3) is 3.03. The fourth-order valence-electron chi connectivity index (χ4n) is 3.03. The van der Waals surface area contributed by atoms with Crippen LogP contribution in [0.3, 0.4) is 0 Å². The Morgan fingerprint density at radius 3 is 2.73 bits per heavy atom. The summed E-state index contributed by atoms with van der Waals surface area (Å²) in [7, 11) is 1.57. The van der Waals surface area contributed by atoms with E-state index >= 15 is 0 Å². The molecule has 1 aromatic carbocycles. The molecule has 0 amide bonds. The average molecular weight is 309 g/mol. The second-order valence-corrected chi connectivity index (χ2v) is 5.53. The van der Waals surface area contributed by atoms with Crippen molar-refractivity contribution in [3.63, 3.8) is 0 Å². The number of benzene rings is 1. The fraction of sp³-hybridized carbons (Fsp3) is 0.625. The van der Waals surface area contributed by atoms with Crippen LogP contribution in [0.2, 0.25) is 0 Å². The van der Waals surface area contributed by atoms with Gasteiger partial charge in [0.05, 0.1) is 12.6 Å². The highest BCUT2D eigenvalue weighted by Gasteiger charge is 2.49. The molecule has 0 bridgehead atoms. The average Bonchev–Trinajstić information content (AvgIpc) is 2.58. The zero-order valence-corrected chi connectivity index (χ0v) is 12.8. The van der Waals surface area contributed by atoms with Gasteiger partial charge in [-0.2, -0.15) is 0 Å². The first-order valence-corrected chi connectivity index (χ1v) is 7.66. The molecule has 0 aromatic heterocycles. The van der Waals surface area contributed by atoms with Gasteiger partial charge in [-0.3, -0.25) is 0 Å². The van der Waals surface area contributed by atoms with E-state index in [1.54, 1.807) is 7.11 Å². The molecule has 1 aromatic rings. The Hall–Kier alpha value is -1.02. The SMILES string of the molecule is CCN[C@H]1[C@@H](OC)O[C@@H]2CO[C@@H](c3ccccc3)O[C@H]2[C@@H]1O. The van der Waals surface area contributed by atoms with Gasteiger partial charge in [-0.1, -0.05) is 37.3 Å². The molecule has 2 aliphatic rings. The molecule has 0 saturated carbocycles. The molecule has 0 radical (unpaired) electrons. The molecule has 0 unspecified atom stereocenters. The summed E-state index contributed by atoms with van der Waals surface area (Å²) in [6.45, 7) is 3.05. The number of nitrogens with one attached hydrogen (secondary N) is 1. The summed E-state index contributed by atoms with van der Waals surface area (Å²) in [5, 5.41) is 13.9. The monoisotopic (exact) mass is 309 g/mol. The van der Waals surface area contributed by atoms with E-state index in [9.17, 15) is 5.11 Å². The van der Waals surface area contributed by atoms with Gasteiger partial charge in [0.2, 0.25) is 0 Å². The topological polar surface area (TPSA) is 69.2 Å². The lowest BCUT2D eigenvalue weighted by atomic mass is 9.95. The highest BCUT2D eigenvalue weighted by Crippen LogP contribution is 2.34. The summed E-state index contributed by atoms with van der Waals surface area (Å²) < 4.78 is 22.9. The maximum Gasteiger partial charge on any atom is 0.184 e. The zero-order chi connectivity index (χ0) is 15.5. The third-order valence-corrected chi connectivity index (χ3v) is 4.11. The standard InChI is InChI=1S/C16H23NO5/c1-3-17-12-13(18)14-11(21-16(12)19-2)9-20-15(22-14)10-7-5-4-6-8-10/h4-8,11-18H,3,9H2,1-2H3/t11-,12-,13-,14-,15-,16+/m1/s1. The molecule has 2 saturated heterocycles. The van der Waals surface area contributed by atoms with Gasteiger partial charge in [0.15, 0.2) is 12.6 Å². The lowest BCUT2D eigenvalue weighted by Gasteiger charge is -2.47. The van der Waals surface area contributed by atoms with E-state index in [-0.39, 0.29) is 12.1 Å². The van der Waals surface area contributed by atoms with Gasteiger partial charge < -0.3 is 29.4 Å². The molecular formula is C16H23NO5. The Balaban J connectivity index is 1.74. The van der Waals surface area contributed by atoms with Crippen LogP contribution in [-0.4, -0.2) is 56.0 Å². The van der Waals surface area contributed by atoms with E-state index in [0.717, 1.165) is 5.56 Å². The molecule has 6 nitrogen and oxygen atoms in total. The quantitative estimate of drug-likeness (QED) is 0.858. The zero-order valence-electron chi connectivity index (χ0n) is 12.8. The molecule has 6 atom stereocenters. The van der Waals surface area contributed by atoms with E-state index in [1.807, 2.05) is 37.3 Å². The van der Waals surface area contributed by atoms with E-state index in [1.165, 1.54) is 0 Å². The van der Waals surface area contributed by atoms with Crippen LogP contribution in [0.15, 0.2) is 30.3 Å². The van der Waals surface area contributed by atoms with Crippen molar-refractivity contribution in [2.75, 3.05) is 20.3 Å². The maximum absolute atomic E-state index is 10.7. The van der Waals surface area contributed by atoms with Gasteiger partial charge in [0.25, 0.3) is 0 Å². The van der Waals surface area contributed by atoms with Crippen LogP contribution in [0.4, 0.5) is 0 Å². The Morgan fingerprint density at radius 1 is 1.27 bits per heavy atom. The lowest BCUT2D eigenvalue weighted by Crippen LogP contribution is -2.65. The Kier molecular flexibility index (Phi) is 5.07. The van der Waals surface area contributed by atoms with Gasteiger partial charge in [-0.15, -0.1) is 0 Å². The van der Waals surface area contributed by atoms with Gasteiger partial charge in [-0.05, 0) is 6.54 Å². The normalized spacial score (nSPS) is 38.5. The number of fused-ring (bicyclic) bond motifs is 1. The van der Waals surface area contributed by atoms with Crippen molar-refractivity contribution >= 4 is 0 Å². The number of aliphatic hydroxyl groups is 1. The lowest BCUT2D eigenvalue weighted by molar-refractivity contribution is -0.341. The summed E-state index contributed by atoms with van der Waals surface area (Å²) in [6, 6.07) is 9.37. The van der Waals surface area contributed by atoms with Gasteiger partial charge in [0.1, 0.15) is 18.3 Å². The van der Waals surface area contributed by atoms with Crippen molar-refractivity contribution in [1.82, 2.24) is 5.32 Å². The predicted molar refractivity (Wildman–Crippen MR) is 79.1 cm³/mol. The molecule has 2 aliphatic heterocycles.